The molecule has 96 valence electrons. The van der Waals surface area contributed by atoms with E-state index >= 15 is 0 Å². The number of oxazole rings is 1. The maximum Gasteiger partial charge on any atom is 0.350 e. The minimum atomic E-state index is -0.378. The average molecular weight is 273 g/mol. The Morgan fingerprint density at radius 2 is 1.95 bits per heavy atom. The summed E-state index contributed by atoms with van der Waals surface area (Å²) < 4.78 is 10.7. The third kappa shape index (κ3) is 2.29. The zero-order chi connectivity index (χ0) is 13.4. The number of aromatic nitrogens is 1. The average Bonchev–Trinajstić information content (AvgIpc) is 2.69. The molecule has 1 aromatic carbocycles. The number of hydrogen-bond donors (Lipinski definition) is 0. The molecule has 0 amide bonds. The summed E-state index contributed by atoms with van der Waals surface area (Å²) in [5.74, 6) is 0.757. The molecular weight excluding hydrogens is 262 g/mol. The quantitative estimate of drug-likeness (QED) is 0.668. The van der Waals surface area contributed by atoms with Gasteiger partial charge in [-0.3, -0.25) is 0 Å². The van der Waals surface area contributed by atoms with Crippen LogP contribution in [0.2, 0.25) is 0 Å². The minimum Gasteiger partial charge on any atom is -0.436 e. The van der Waals surface area contributed by atoms with Gasteiger partial charge in [0.15, 0.2) is 0 Å². The van der Waals surface area contributed by atoms with Crippen molar-refractivity contribution in [2.45, 2.75) is 24.0 Å². The highest BCUT2D eigenvalue weighted by atomic mass is 32.2. The molecule has 0 aliphatic carbocycles. The van der Waals surface area contributed by atoms with Gasteiger partial charge in [-0.1, -0.05) is 18.2 Å². The summed E-state index contributed by atoms with van der Waals surface area (Å²) in [5.41, 5.74) is 1.03. The van der Waals surface area contributed by atoms with E-state index in [1.807, 2.05) is 32.0 Å². The van der Waals surface area contributed by atoms with Crippen LogP contribution in [0.3, 0.4) is 0 Å². The van der Waals surface area contributed by atoms with Crippen LogP contribution < -0.4 is 5.63 Å². The molecule has 3 rings (SSSR count). The number of benzene rings is 1. The van der Waals surface area contributed by atoms with Gasteiger partial charge in [-0.25, -0.2) is 9.78 Å². The van der Waals surface area contributed by atoms with Crippen molar-refractivity contribution in [3.05, 3.63) is 52.2 Å². The Hall–Kier alpha value is -2.01. The van der Waals surface area contributed by atoms with Crippen molar-refractivity contribution in [3.63, 3.8) is 0 Å². The van der Waals surface area contributed by atoms with Gasteiger partial charge in [-0.15, -0.1) is 0 Å². The standard InChI is InChI=1S/C14H11NO3S/c1-8-9(2)17-14(15-8)19-12-7-10-5-3-4-6-11(10)18-13(12)16/h3-7H,1-2H3. The molecule has 19 heavy (non-hydrogen) atoms. The van der Waals surface area contributed by atoms with Crippen molar-refractivity contribution < 1.29 is 8.83 Å². The van der Waals surface area contributed by atoms with Crippen LogP contribution in [-0.2, 0) is 0 Å². The molecular formula is C14H11NO3S. The van der Waals surface area contributed by atoms with E-state index in [-0.39, 0.29) is 5.63 Å². The molecule has 0 spiro atoms. The molecule has 0 unspecified atom stereocenters. The van der Waals surface area contributed by atoms with Gasteiger partial charge >= 0.3 is 5.63 Å². The van der Waals surface area contributed by atoms with E-state index in [1.165, 1.54) is 11.8 Å². The molecule has 0 atom stereocenters. The van der Waals surface area contributed by atoms with Crippen LogP contribution in [-0.4, -0.2) is 4.98 Å². The molecule has 2 aromatic heterocycles. The predicted molar refractivity (Wildman–Crippen MR) is 72.6 cm³/mol. The second-order valence-electron chi connectivity index (χ2n) is 4.16. The number of aryl methyl sites for hydroxylation is 2. The zero-order valence-electron chi connectivity index (χ0n) is 10.5. The Morgan fingerprint density at radius 1 is 1.16 bits per heavy atom. The predicted octanol–water partition coefficient (Wildman–Crippen LogP) is 3.55. The Kier molecular flexibility index (Phi) is 2.91. The van der Waals surface area contributed by atoms with Gasteiger partial charge < -0.3 is 8.83 Å². The fourth-order valence-corrected chi connectivity index (χ4v) is 2.54. The van der Waals surface area contributed by atoms with E-state index in [0.29, 0.717) is 15.7 Å². The van der Waals surface area contributed by atoms with E-state index in [4.69, 9.17) is 8.83 Å². The fraction of sp³-hybridized carbons (Fsp3) is 0.143. The Balaban J connectivity index is 2.05. The maximum atomic E-state index is 11.9. The molecule has 0 fully saturated rings. The first-order valence-corrected chi connectivity index (χ1v) is 6.60. The van der Waals surface area contributed by atoms with Crippen molar-refractivity contribution in [1.29, 1.82) is 0 Å². The van der Waals surface area contributed by atoms with Crippen molar-refractivity contribution >= 4 is 22.7 Å². The van der Waals surface area contributed by atoms with Crippen molar-refractivity contribution in [3.8, 4) is 0 Å². The molecule has 2 heterocycles. The van der Waals surface area contributed by atoms with Crippen molar-refractivity contribution in [2.24, 2.45) is 0 Å². The summed E-state index contributed by atoms with van der Waals surface area (Å²) in [4.78, 5) is 16.6. The van der Waals surface area contributed by atoms with Crippen LogP contribution >= 0.6 is 11.8 Å². The third-order valence-corrected chi connectivity index (χ3v) is 3.67. The summed E-state index contributed by atoms with van der Waals surface area (Å²) in [5, 5.41) is 1.34. The van der Waals surface area contributed by atoms with Crippen LogP contribution in [0.4, 0.5) is 0 Å². The molecule has 0 saturated carbocycles. The SMILES string of the molecule is Cc1nc(Sc2cc3ccccc3oc2=O)oc1C. The number of hydrogen-bond acceptors (Lipinski definition) is 5. The molecule has 3 aromatic rings. The molecule has 5 heteroatoms. The molecule has 0 aliphatic heterocycles. The lowest BCUT2D eigenvalue weighted by molar-refractivity contribution is 0.430. The number of fused-ring (bicyclic) bond motifs is 1. The van der Waals surface area contributed by atoms with E-state index < -0.39 is 0 Å². The van der Waals surface area contributed by atoms with Gasteiger partial charge in [0.1, 0.15) is 16.2 Å². The van der Waals surface area contributed by atoms with Crippen LogP contribution in [0, 0.1) is 13.8 Å². The van der Waals surface area contributed by atoms with E-state index in [9.17, 15) is 4.79 Å². The topological polar surface area (TPSA) is 56.2 Å². The second-order valence-corrected chi connectivity index (χ2v) is 5.15. The third-order valence-electron chi connectivity index (χ3n) is 2.82. The van der Waals surface area contributed by atoms with Crippen LogP contribution in [0.25, 0.3) is 11.0 Å². The molecule has 0 saturated heterocycles. The highest BCUT2D eigenvalue weighted by Crippen LogP contribution is 2.28. The van der Waals surface area contributed by atoms with Crippen LogP contribution in [0.5, 0.6) is 0 Å². The lowest BCUT2D eigenvalue weighted by Gasteiger charge is -1.98. The number of nitrogens with zero attached hydrogens (tertiary/aromatic N) is 1. The van der Waals surface area contributed by atoms with Crippen LogP contribution in [0.1, 0.15) is 11.5 Å². The largest absolute Gasteiger partial charge is 0.436 e. The fourth-order valence-electron chi connectivity index (χ4n) is 1.70. The molecule has 0 bridgehead atoms. The summed E-state index contributed by atoms with van der Waals surface area (Å²) in [6, 6.07) is 9.19. The monoisotopic (exact) mass is 273 g/mol. The summed E-state index contributed by atoms with van der Waals surface area (Å²) in [6.07, 6.45) is 0. The van der Waals surface area contributed by atoms with E-state index in [2.05, 4.69) is 4.98 Å². The maximum absolute atomic E-state index is 11.9. The van der Waals surface area contributed by atoms with Crippen molar-refractivity contribution in [2.75, 3.05) is 0 Å². The first-order chi connectivity index (χ1) is 9.13. The first kappa shape index (κ1) is 12.0. The molecule has 0 aliphatic rings. The van der Waals surface area contributed by atoms with Gasteiger partial charge in [0.05, 0.1) is 5.69 Å². The Labute approximate surface area is 113 Å². The van der Waals surface area contributed by atoms with Crippen molar-refractivity contribution in [1.82, 2.24) is 4.98 Å². The zero-order valence-corrected chi connectivity index (χ0v) is 11.3. The minimum absolute atomic E-state index is 0.378. The lowest BCUT2D eigenvalue weighted by Crippen LogP contribution is -2.01. The first-order valence-electron chi connectivity index (χ1n) is 5.78. The van der Waals surface area contributed by atoms with Gasteiger partial charge in [0.25, 0.3) is 5.22 Å². The van der Waals surface area contributed by atoms with Gasteiger partial charge in [0.2, 0.25) is 0 Å². The Bertz CT molecular complexity index is 784. The second kappa shape index (κ2) is 4.59. The highest BCUT2D eigenvalue weighted by Gasteiger charge is 2.12. The lowest BCUT2D eigenvalue weighted by atomic mass is 10.2. The normalized spacial score (nSPS) is 11.1. The smallest absolute Gasteiger partial charge is 0.350 e. The molecule has 4 nitrogen and oxygen atoms in total. The summed E-state index contributed by atoms with van der Waals surface area (Å²) >= 11 is 1.18. The highest BCUT2D eigenvalue weighted by molar-refractivity contribution is 7.99. The van der Waals surface area contributed by atoms with E-state index in [1.54, 1.807) is 12.1 Å². The van der Waals surface area contributed by atoms with Crippen LogP contribution in [0.15, 0.2) is 54.1 Å². The van der Waals surface area contributed by atoms with E-state index in [0.717, 1.165) is 16.8 Å². The molecule has 0 radical (unpaired) electrons. The van der Waals surface area contributed by atoms with Gasteiger partial charge in [0, 0.05) is 5.39 Å². The molecule has 0 N–H and O–H groups in total. The van der Waals surface area contributed by atoms with Gasteiger partial charge in [-0.2, -0.15) is 0 Å². The van der Waals surface area contributed by atoms with Gasteiger partial charge in [-0.05, 0) is 37.7 Å². The number of rotatable bonds is 2. The Morgan fingerprint density at radius 3 is 2.68 bits per heavy atom. The summed E-state index contributed by atoms with van der Waals surface area (Å²) in [6.45, 7) is 3.71. The summed E-state index contributed by atoms with van der Waals surface area (Å²) in [7, 11) is 0. The number of para-hydroxylation sites is 1.